The second-order valence-electron chi connectivity index (χ2n) is 6.95. The van der Waals surface area contributed by atoms with Crippen LogP contribution in [0.5, 0.6) is 5.75 Å². The quantitative estimate of drug-likeness (QED) is 0.460. The molecule has 0 aliphatic rings. The summed E-state index contributed by atoms with van der Waals surface area (Å²) < 4.78 is 7.71. The van der Waals surface area contributed by atoms with Crippen molar-refractivity contribution < 1.29 is 9.53 Å². The number of rotatable bonds is 7. The van der Waals surface area contributed by atoms with Crippen LogP contribution < -0.4 is 10.1 Å². The van der Waals surface area contributed by atoms with Crippen LogP contribution in [-0.2, 0) is 11.8 Å². The number of benzene rings is 2. The van der Waals surface area contributed by atoms with Crippen molar-refractivity contribution in [1.82, 2.24) is 14.8 Å². The van der Waals surface area contributed by atoms with Gasteiger partial charge in [0, 0.05) is 23.8 Å². The first-order valence-corrected chi connectivity index (χ1v) is 11.0. The highest BCUT2D eigenvalue weighted by Gasteiger charge is 2.19. The lowest BCUT2D eigenvalue weighted by molar-refractivity contribution is -0.113. The number of nitrogens with one attached hydrogen (secondary N) is 1. The number of halogens is 2. The third kappa shape index (κ3) is 5.68. The van der Waals surface area contributed by atoms with Crippen molar-refractivity contribution in [2.75, 3.05) is 11.1 Å². The molecule has 0 radical (unpaired) electrons. The lowest BCUT2D eigenvalue weighted by atomic mass is 10.1. The number of amides is 1. The molecule has 9 heteroatoms. The molecule has 2 aromatic carbocycles. The number of carbonyl (C=O) groups excluding carboxylic acids is 1. The maximum Gasteiger partial charge on any atom is 0.234 e. The second kappa shape index (κ2) is 9.73. The van der Waals surface area contributed by atoms with E-state index in [1.54, 1.807) is 22.8 Å². The number of nitrogens with zero attached hydrogens (tertiary/aromatic N) is 3. The Hall–Kier alpha value is -2.22. The molecule has 3 rings (SSSR count). The van der Waals surface area contributed by atoms with E-state index in [9.17, 15) is 4.79 Å². The molecule has 0 bridgehead atoms. The zero-order valence-electron chi connectivity index (χ0n) is 17.1. The Morgan fingerprint density at radius 2 is 1.87 bits per heavy atom. The number of thioether (sulfide) groups is 1. The molecule has 0 saturated carbocycles. The molecule has 0 fully saturated rings. The third-order valence-corrected chi connectivity index (χ3v) is 5.83. The molecule has 30 heavy (non-hydrogen) atoms. The van der Waals surface area contributed by atoms with Gasteiger partial charge >= 0.3 is 0 Å². The van der Waals surface area contributed by atoms with Crippen LogP contribution in [0.2, 0.25) is 10.0 Å². The Balaban J connectivity index is 1.62. The van der Waals surface area contributed by atoms with Gasteiger partial charge in [-0.2, -0.15) is 0 Å². The van der Waals surface area contributed by atoms with Gasteiger partial charge in [0.05, 0.1) is 10.8 Å². The Labute approximate surface area is 189 Å². The zero-order chi connectivity index (χ0) is 21.8. The van der Waals surface area contributed by atoms with Crippen LogP contribution in [0.4, 0.5) is 5.69 Å². The van der Waals surface area contributed by atoms with Crippen LogP contribution >= 0.6 is 35.0 Å². The predicted molar refractivity (Wildman–Crippen MR) is 122 cm³/mol. The molecule has 0 spiro atoms. The number of hydrogen-bond donors (Lipinski definition) is 1. The fourth-order valence-corrected chi connectivity index (χ4v) is 4.03. The van der Waals surface area contributed by atoms with Crippen LogP contribution in [0.15, 0.2) is 41.6 Å². The van der Waals surface area contributed by atoms with Gasteiger partial charge in [0.25, 0.3) is 0 Å². The number of hydrogen-bond acceptors (Lipinski definition) is 5. The summed E-state index contributed by atoms with van der Waals surface area (Å²) in [6.07, 6.45) is -0.406. The van der Waals surface area contributed by atoms with Crippen molar-refractivity contribution in [3.05, 3.63) is 63.4 Å². The van der Waals surface area contributed by atoms with Crippen LogP contribution in [0, 0.1) is 13.8 Å². The number of carbonyl (C=O) groups is 1. The van der Waals surface area contributed by atoms with E-state index in [0.29, 0.717) is 26.8 Å². The van der Waals surface area contributed by atoms with Gasteiger partial charge in [0.2, 0.25) is 5.91 Å². The normalized spacial score (nSPS) is 11.9. The van der Waals surface area contributed by atoms with Crippen LogP contribution in [0.1, 0.15) is 30.0 Å². The average molecular weight is 465 g/mol. The zero-order valence-corrected chi connectivity index (χ0v) is 19.4. The summed E-state index contributed by atoms with van der Waals surface area (Å²) >= 11 is 13.5. The van der Waals surface area contributed by atoms with Crippen molar-refractivity contribution in [3.8, 4) is 5.75 Å². The van der Waals surface area contributed by atoms with Crippen molar-refractivity contribution in [3.63, 3.8) is 0 Å². The van der Waals surface area contributed by atoms with Gasteiger partial charge < -0.3 is 14.6 Å². The molecule has 158 valence electrons. The number of aromatic nitrogens is 3. The van der Waals surface area contributed by atoms with E-state index in [-0.39, 0.29) is 11.7 Å². The number of ether oxygens (including phenoxy) is 1. The van der Waals surface area contributed by atoms with Crippen molar-refractivity contribution >= 4 is 46.6 Å². The molecule has 1 amide bonds. The topological polar surface area (TPSA) is 69.0 Å². The van der Waals surface area contributed by atoms with Gasteiger partial charge in [-0.15, -0.1) is 10.2 Å². The van der Waals surface area contributed by atoms with Gasteiger partial charge in [-0.3, -0.25) is 4.79 Å². The van der Waals surface area contributed by atoms with Gasteiger partial charge in [-0.05, 0) is 56.2 Å². The summed E-state index contributed by atoms with van der Waals surface area (Å²) in [5, 5.41) is 12.9. The van der Waals surface area contributed by atoms with Crippen LogP contribution in [0.25, 0.3) is 0 Å². The van der Waals surface area contributed by atoms with E-state index in [4.69, 9.17) is 27.9 Å². The van der Waals surface area contributed by atoms with E-state index in [1.807, 2.05) is 40.0 Å². The lowest BCUT2D eigenvalue weighted by Gasteiger charge is -2.15. The monoisotopic (exact) mass is 464 g/mol. The molecular formula is C21H22Cl2N4O2S. The molecule has 0 aliphatic heterocycles. The van der Waals surface area contributed by atoms with E-state index in [0.717, 1.165) is 16.8 Å². The highest BCUT2D eigenvalue weighted by molar-refractivity contribution is 7.99. The maximum absolute atomic E-state index is 12.3. The maximum atomic E-state index is 12.3. The number of aryl methyl sites for hydroxylation is 2. The molecular weight excluding hydrogens is 443 g/mol. The molecule has 1 atom stereocenters. The van der Waals surface area contributed by atoms with Gasteiger partial charge in [-0.25, -0.2) is 0 Å². The van der Waals surface area contributed by atoms with E-state index in [1.165, 1.54) is 11.8 Å². The Morgan fingerprint density at radius 3 is 2.57 bits per heavy atom. The predicted octanol–water partition coefficient (Wildman–Crippen LogP) is 5.61. The smallest absolute Gasteiger partial charge is 0.234 e. The molecule has 1 unspecified atom stereocenters. The molecule has 6 nitrogen and oxygen atoms in total. The van der Waals surface area contributed by atoms with Gasteiger partial charge in [0.1, 0.15) is 5.75 Å². The van der Waals surface area contributed by atoms with E-state index in [2.05, 4.69) is 21.6 Å². The summed E-state index contributed by atoms with van der Waals surface area (Å²) in [7, 11) is 1.83. The average Bonchev–Trinajstić information content (AvgIpc) is 3.03. The minimum Gasteiger partial charge on any atom is -0.481 e. The number of anilines is 1. The summed E-state index contributed by atoms with van der Waals surface area (Å²) in [6, 6.07) is 11.0. The highest BCUT2D eigenvalue weighted by atomic mass is 35.5. The first-order chi connectivity index (χ1) is 14.2. The third-order valence-electron chi connectivity index (χ3n) is 4.27. The van der Waals surface area contributed by atoms with Gasteiger partial charge in [0.15, 0.2) is 17.1 Å². The molecule has 0 aliphatic carbocycles. The molecule has 1 heterocycles. The van der Waals surface area contributed by atoms with Crippen LogP contribution in [0.3, 0.4) is 0 Å². The van der Waals surface area contributed by atoms with Crippen LogP contribution in [-0.4, -0.2) is 26.4 Å². The summed E-state index contributed by atoms with van der Waals surface area (Å²) in [4.78, 5) is 12.3. The minimum atomic E-state index is -0.406. The molecule has 3 aromatic rings. The first-order valence-electron chi connectivity index (χ1n) is 9.25. The molecule has 0 saturated heterocycles. The van der Waals surface area contributed by atoms with E-state index < -0.39 is 6.10 Å². The van der Waals surface area contributed by atoms with Crippen molar-refractivity contribution in [2.45, 2.75) is 32.0 Å². The second-order valence-corrected chi connectivity index (χ2v) is 8.73. The molecule has 1 aromatic heterocycles. The minimum absolute atomic E-state index is 0.107. The SMILES string of the molecule is Cc1cc(C)cc(NC(=O)CSc2nnc(C(C)Oc3cc(Cl)ccc3Cl)n2C)c1. The Bertz CT molecular complexity index is 1050. The standard InChI is InChI=1S/C21H22Cl2N4O2S/c1-12-7-13(2)9-16(8-12)24-19(28)11-30-21-26-25-20(27(21)4)14(3)29-18-10-15(22)5-6-17(18)23/h5-10,14H,11H2,1-4H3,(H,24,28). The highest BCUT2D eigenvalue weighted by Crippen LogP contribution is 2.31. The van der Waals surface area contributed by atoms with Crippen molar-refractivity contribution in [2.24, 2.45) is 7.05 Å². The Morgan fingerprint density at radius 1 is 1.17 bits per heavy atom. The fraction of sp³-hybridized carbons (Fsp3) is 0.286. The Kier molecular flexibility index (Phi) is 7.28. The van der Waals surface area contributed by atoms with Crippen molar-refractivity contribution in [1.29, 1.82) is 0 Å². The first kappa shape index (κ1) is 22.5. The van der Waals surface area contributed by atoms with Gasteiger partial charge in [-0.1, -0.05) is 41.0 Å². The largest absolute Gasteiger partial charge is 0.481 e. The summed E-state index contributed by atoms with van der Waals surface area (Å²) in [5.41, 5.74) is 2.99. The fourth-order valence-electron chi connectivity index (χ4n) is 2.99. The molecule has 1 N–H and O–H groups in total. The summed E-state index contributed by atoms with van der Waals surface area (Å²) in [6.45, 7) is 5.85. The summed E-state index contributed by atoms with van der Waals surface area (Å²) in [5.74, 6) is 1.20. The lowest BCUT2D eigenvalue weighted by Crippen LogP contribution is -2.15. The van der Waals surface area contributed by atoms with E-state index >= 15 is 0 Å².